The number of amides is 1. The number of hydrogen-bond acceptors (Lipinski definition) is 5. The van der Waals surface area contributed by atoms with Crippen LogP contribution in [0, 0.1) is 6.92 Å². The Kier molecular flexibility index (Phi) is 6.15. The molecule has 4 aromatic rings. The highest BCUT2D eigenvalue weighted by Gasteiger charge is 2.13. The molecule has 152 valence electrons. The number of nitrogens with one attached hydrogen (secondary N) is 2. The molecule has 0 aliphatic heterocycles. The standard InChI is InChI=1S/C21H19ClN6OS/c1-14-17(9-15-5-3-2-4-6-15)27-21(25-14)30-11-20(29)26-18-10-16(22)7-8-19(18)28-13-23-12-24-28/h2-8,10,12-13H,9,11H2,1H3,(H,25,27)(H,26,29). The summed E-state index contributed by atoms with van der Waals surface area (Å²) in [6, 6.07) is 15.4. The van der Waals surface area contributed by atoms with E-state index in [0.29, 0.717) is 16.4 Å². The van der Waals surface area contributed by atoms with E-state index in [-0.39, 0.29) is 11.7 Å². The normalized spacial score (nSPS) is 10.9. The van der Waals surface area contributed by atoms with E-state index in [4.69, 9.17) is 11.6 Å². The molecule has 2 aromatic carbocycles. The van der Waals surface area contributed by atoms with Crippen LogP contribution in [0.5, 0.6) is 0 Å². The number of anilines is 1. The number of nitrogens with zero attached hydrogens (tertiary/aromatic N) is 4. The van der Waals surface area contributed by atoms with Gasteiger partial charge in [0.15, 0.2) is 5.16 Å². The molecule has 0 aliphatic rings. The van der Waals surface area contributed by atoms with Crippen LogP contribution in [-0.4, -0.2) is 36.4 Å². The van der Waals surface area contributed by atoms with Crippen molar-refractivity contribution in [1.29, 1.82) is 0 Å². The second-order valence-electron chi connectivity index (χ2n) is 6.61. The minimum absolute atomic E-state index is 0.165. The predicted molar refractivity (Wildman–Crippen MR) is 118 cm³/mol. The smallest absolute Gasteiger partial charge is 0.234 e. The van der Waals surface area contributed by atoms with Crippen molar-refractivity contribution >= 4 is 35.0 Å². The highest BCUT2D eigenvalue weighted by Crippen LogP contribution is 2.25. The molecule has 9 heteroatoms. The average Bonchev–Trinajstić information content (AvgIpc) is 3.38. The number of halogens is 1. The lowest BCUT2D eigenvalue weighted by Crippen LogP contribution is -2.16. The van der Waals surface area contributed by atoms with Gasteiger partial charge in [0.05, 0.1) is 22.8 Å². The monoisotopic (exact) mass is 438 g/mol. The van der Waals surface area contributed by atoms with Crippen LogP contribution in [-0.2, 0) is 11.2 Å². The van der Waals surface area contributed by atoms with Crippen molar-refractivity contribution in [3.8, 4) is 5.69 Å². The molecule has 0 atom stereocenters. The lowest BCUT2D eigenvalue weighted by Gasteiger charge is -2.11. The van der Waals surface area contributed by atoms with Crippen LogP contribution < -0.4 is 5.32 Å². The molecule has 2 N–H and O–H groups in total. The zero-order valence-electron chi connectivity index (χ0n) is 16.2. The van der Waals surface area contributed by atoms with Gasteiger partial charge in [-0.3, -0.25) is 4.79 Å². The molecule has 0 bridgehead atoms. The van der Waals surface area contributed by atoms with Gasteiger partial charge in [0.25, 0.3) is 0 Å². The lowest BCUT2D eigenvalue weighted by molar-refractivity contribution is -0.113. The summed E-state index contributed by atoms with van der Waals surface area (Å²) < 4.78 is 1.57. The van der Waals surface area contributed by atoms with Crippen LogP contribution >= 0.6 is 23.4 Å². The summed E-state index contributed by atoms with van der Waals surface area (Å²) in [6.07, 6.45) is 3.75. The molecule has 0 aliphatic carbocycles. The number of aromatic nitrogens is 5. The van der Waals surface area contributed by atoms with E-state index >= 15 is 0 Å². The van der Waals surface area contributed by atoms with Gasteiger partial charge in [-0.15, -0.1) is 0 Å². The molecule has 0 unspecified atom stereocenters. The van der Waals surface area contributed by atoms with Crippen molar-refractivity contribution in [2.45, 2.75) is 18.5 Å². The van der Waals surface area contributed by atoms with E-state index in [1.54, 1.807) is 29.2 Å². The predicted octanol–water partition coefficient (Wildman–Crippen LogP) is 4.27. The Morgan fingerprint density at radius 3 is 2.83 bits per heavy atom. The van der Waals surface area contributed by atoms with Crippen molar-refractivity contribution in [1.82, 2.24) is 24.7 Å². The Morgan fingerprint density at radius 2 is 2.07 bits per heavy atom. The third kappa shape index (κ3) is 4.90. The number of rotatable bonds is 7. The van der Waals surface area contributed by atoms with Gasteiger partial charge in [0.1, 0.15) is 12.7 Å². The number of H-pyrrole nitrogens is 1. The van der Waals surface area contributed by atoms with E-state index in [1.165, 1.54) is 23.7 Å². The van der Waals surface area contributed by atoms with E-state index in [1.807, 2.05) is 25.1 Å². The maximum atomic E-state index is 12.5. The van der Waals surface area contributed by atoms with E-state index in [0.717, 1.165) is 23.0 Å². The first-order valence-electron chi connectivity index (χ1n) is 9.25. The highest BCUT2D eigenvalue weighted by molar-refractivity contribution is 7.99. The van der Waals surface area contributed by atoms with Gasteiger partial charge >= 0.3 is 0 Å². The van der Waals surface area contributed by atoms with E-state index < -0.39 is 0 Å². The molecule has 0 radical (unpaired) electrons. The minimum atomic E-state index is -0.165. The summed E-state index contributed by atoms with van der Waals surface area (Å²) in [4.78, 5) is 24.4. The fourth-order valence-electron chi connectivity index (χ4n) is 2.96. The van der Waals surface area contributed by atoms with Crippen LogP contribution in [0.3, 0.4) is 0 Å². The molecular weight excluding hydrogens is 420 g/mol. The molecule has 0 spiro atoms. The number of aromatic amines is 1. The SMILES string of the molecule is Cc1[nH]c(SCC(=O)Nc2cc(Cl)ccc2-n2cncn2)nc1Cc1ccccc1. The molecule has 30 heavy (non-hydrogen) atoms. The van der Waals surface area contributed by atoms with Crippen LogP contribution in [0.2, 0.25) is 5.02 Å². The van der Waals surface area contributed by atoms with Crippen molar-refractivity contribution in [3.05, 3.63) is 83.2 Å². The molecule has 0 saturated heterocycles. The van der Waals surface area contributed by atoms with Gasteiger partial charge in [-0.25, -0.2) is 14.6 Å². The fourth-order valence-corrected chi connectivity index (χ4v) is 3.87. The summed E-state index contributed by atoms with van der Waals surface area (Å²) in [5.41, 5.74) is 4.44. The second-order valence-corrected chi connectivity index (χ2v) is 8.01. The number of carbonyl (C=O) groups excluding carboxylic acids is 1. The molecule has 2 heterocycles. The van der Waals surface area contributed by atoms with Crippen molar-refractivity contribution < 1.29 is 4.79 Å². The highest BCUT2D eigenvalue weighted by atomic mass is 35.5. The maximum Gasteiger partial charge on any atom is 0.234 e. The number of aryl methyl sites for hydroxylation is 1. The molecule has 4 rings (SSSR count). The van der Waals surface area contributed by atoms with Crippen molar-refractivity contribution in [2.75, 3.05) is 11.1 Å². The Labute approximate surface area is 182 Å². The van der Waals surface area contributed by atoms with Crippen molar-refractivity contribution in [2.24, 2.45) is 0 Å². The van der Waals surface area contributed by atoms with Gasteiger partial charge in [-0.2, -0.15) is 5.10 Å². The zero-order valence-corrected chi connectivity index (χ0v) is 17.7. The summed E-state index contributed by atoms with van der Waals surface area (Å²) in [6.45, 7) is 1.99. The third-order valence-corrected chi connectivity index (χ3v) is 5.52. The largest absolute Gasteiger partial charge is 0.337 e. The van der Waals surface area contributed by atoms with Gasteiger partial charge in [-0.1, -0.05) is 53.7 Å². The Bertz CT molecular complexity index is 1140. The third-order valence-electron chi connectivity index (χ3n) is 4.42. The minimum Gasteiger partial charge on any atom is -0.337 e. The summed E-state index contributed by atoms with van der Waals surface area (Å²) in [5.74, 6) is 0.0448. The topological polar surface area (TPSA) is 88.5 Å². The summed E-state index contributed by atoms with van der Waals surface area (Å²) in [5, 5.41) is 8.25. The number of benzene rings is 2. The van der Waals surface area contributed by atoms with Crippen molar-refractivity contribution in [3.63, 3.8) is 0 Å². The quantitative estimate of drug-likeness (QED) is 0.420. The van der Waals surface area contributed by atoms with E-state index in [2.05, 4.69) is 37.5 Å². The van der Waals surface area contributed by atoms with Gasteiger partial charge in [0.2, 0.25) is 5.91 Å². The maximum absolute atomic E-state index is 12.5. The van der Waals surface area contributed by atoms with Gasteiger partial charge < -0.3 is 10.3 Å². The van der Waals surface area contributed by atoms with Crippen LogP contribution in [0.15, 0.2) is 66.3 Å². The first-order chi connectivity index (χ1) is 14.6. The fraction of sp³-hybridized carbons (Fsp3) is 0.143. The molecule has 7 nitrogen and oxygen atoms in total. The average molecular weight is 439 g/mol. The van der Waals surface area contributed by atoms with Gasteiger partial charge in [-0.05, 0) is 30.7 Å². The number of imidazole rings is 1. The molecule has 0 saturated carbocycles. The number of hydrogen-bond donors (Lipinski definition) is 2. The zero-order chi connectivity index (χ0) is 20.9. The summed E-state index contributed by atoms with van der Waals surface area (Å²) >= 11 is 7.46. The van der Waals surface area contributed by atoms with Crippen LogP contribution in [0.25, 0.3) is 5.69 Å². The van der Waals surface area contributed by atoms with E-state index in [9.17, 15) is 4.79 Å². The Morgan fingerprint density at radius 1 is 1.23 bits per heavy atom. The lowest BCUT2D eigenvalue weighted by atomic mass is 10.1. The second kappa shape index (κ2) is 9.15. The Balaban J connectivity index is 1.40. The summed E-state index contributed by atoms with van der Waals surface area (Å²) in [7, 11) is 0. The molecular formula is C21H19ClN6OS. The van der Waals surface area contributed by atoms with Crippen LogP contribution in [0.4, 0.5) is 5.69 Å². The molecule has 2 aromatic heterocycles. The first kappa shape index (κ1) is 20.2. The first-order valence-corrected chi connectivity index (χ1v) is 10.6. The number of thioether (sulfide) groups is 1. The van der Waals surface area contributed by atoms with Gasteiger partial charge in [0, 0.05) is 17.1 Å². The molecule has 0 fully saturated rings. The molecule has 1 amide bonds. The number of carbonyl (C=O) groups is 1. The Hall–Kier alpha value is -3.10. The van der Waals surface area contributed by atoms with Crippen LogP contribution in [0.1, 0.15) is 17.0 Å².